The van der Waals surface area contributed by atoms with Gasteiger partial charge in [-0.25, -0.2) is 9.88 Å². The highest BCUT2D eigenvalue weighted by Crippen LogP contribution is 2.33. The van der Waals surface area contributed by atoms with E-state index in [-0.39, 0.29) is 11.4 Å². The number of nitrogens with zero attached hydrogens (tertiary/aromatic N) is 3. The summed E-state index contributed by atoms with van der Waals surface area (Å²) in [6.45, 7) is 0. The summed E-state index contributed by atoms with van der Waals surface area (Å²) in [6, 6.07) is 13.2. The lowest BCUT2D eigenvalue weighted by molar-refractivity contribution is -0.139. The molecular weight excluding hydrogens is 388 g/mol. The van der Waals surface area contributed by atoms with Crippen LogP contribution in [-0.2, 0) is 14.4 Å². The molecule has 0 spiro atoms. The van der Waals surface area contributed by atoms with Crippen LogP contribution in [-0.4, -0.2) is 28.3 Å². The molecule has 2 aromatic carbocycles. The predicted octanol–water partition coefficient (Wildman–Crippen LogP) is 2.49. The molecule has 0 bridgehead atoms. The number of thiazole rings is 1. The Balaban J connectivity index is 1.80. The molecule has 3 aromatic rings. The van der Waals surface area contributed by atoms with Crippen LogP contribution in [0.3, 0.4) is 0 Å². The third-order valence-corrected chi connectivity index (χ3v) is 5.51. The van der Waals surface area contributed by atoms with Gasteiger partial charge in [-0.15, -0.1) is 11.3 Å². The second-order valence-corrected chi connectivity index (χ2v) is 7.25. The number of piperidine rings is 1. The molecule has 9 heteroatoms. The zero-order valence-corrected chi connectivity index (χ0v) is 15.2. The van der Waals surface area contributed by atoms with E-state index in [0.717, 1.165) is 9.60 Å². The number of carbonyl (C=O) groups excluding carboxylic acids is 3. The van der Waals surface area contributed by atoms with Crippen LogP contribution in [0.25, 0.3) is 10.2 Å². The highest BCUT2D eigenvalue weighted by Gasteiger charge is 2.48. The Morgan fingerprint density at radius 2 is 1.74 bits per heavy atom. The molecule has 27 heavy (non-hydrogen) atoms. The summed E-state index contributed by atoms with van der Waals surface area (Å²) >= 11 is 7.06. The first-order chi connectivity index (χ1) is 13.0. The normalized spacial score (nSPS) is 19.3. The molecule has 1 aromatic heterocycles. The van der Waals surface area contributed by atoms with Crippen molar-refractivity contribution in [2.75, 3.05) is 4.90 Å². The van der Waals surface area contributed by atoms with Gasteiger partial charge < -0.3 is 5.84 Å². The van der Waals surface area contributed by atoms with Crippen molar-refractivity contribution in [3.8, 4) is 0 Å². The molecule has 1 saturated heterocycles. The lowest BCUT2D eigenvalue weighted by atomic mass is 9.92. The van der Waals surface area contributed by atoms with Gasteiger partial charge in [0.05, 0.1) is 15.9 Å². The Kier molecular flexibility index (Phi) is 4.21. The summed E-state index contributed by atoms with van der Waals surface area (Å²) in [6.07, 6.45) is 0. The van der Waals surface area contributed by atoms with Gasteiger partial charge in [-0.1, -0.05) is 23.7 Å². The summed E-state index contributed by atoms with van der Waals surface area (Å²) in [5.41, 5.74) is 0.655. The van der Waals surface area contributed by atoms with E-state index in [9.17, 15) is 14.4 Å². The number of para-hydroxylation sites is 1. The molecule has 2 N–H and O–H groups in total. The molecule has 2 amide bonds. The standard InChI is InChI=1S/C18H11ClN4O3S/c19-9-5-7-10(8-6-9)23-17(25)14(22-20)13(15(24)18(23)26)16-21-11-3-1-2-4-12(11)27-16/h1-8,13H,20H2/b22-14-/t13-/m1/s1. The minimum Gasteiger partial charge on any atom is -0.323 e. The van der Waals surface area contributed by atoms with Crippen molar-refractivity contribution < 1.29 is 14.4 Å². The zero-order chi connectivity index (χ0) is 19.1. The summed E-state index contributed by atoms with van der Waals surface area (Å²) in [5, 5.41) is 4.27. The number of rotatable bonds is 2. The maximum Gasteiger partial charge on any atom is 0.302 e. The highest BCUT2D eigenvalue weighted by molar-refractivity contribution is 7.19. The SMILES string of the molecule is N/N=C1\C(=O)N(c2ccc(Cl)cc2)C(=O)C(=O)[C@@H]1c1nc2ccccc2s1. The lowest BCUT2D eigenvalue weighted by Crippen LogP contribution is -2.55. The smallest absolute Gasteiger partial charge is 0.302 e. The summed E-state index contributed by atoms with van der Waals surface area (Å²) < 4.78 is 0.830. The van der Waals surface area contributed by atoms with Crippen molar-refractivity contribution in [3.05, 3.63) is 58.6 Å². The van der Waals surface area contributed by atoms with Crippen LogP contribution in [0, 0.1) is 0 Å². The number of ketones is 1. The van der Waals surface area contributed by atoms with Crippen LogP contribution in [0.1, 0.15) is 10.9 Å². The Bertz CT molecular complexity index is 1090. The number of imide groups is 1. The third-order valence-electron chi connectivity index (χ3n) is 4.15. The van der Waals surface area contributed by atoms with Crippen molar-refractivity contribution in [2.24, 2.45) is 10.9 Å². The van der Waals surface area contributed by atoms with Crippen LogP contribution in [0.2, 0.25) is 5.02 Å². The average Bonchev–Trinajstić information content (AvgIpc) is 3.09. The molecule has 1 fully saturated rings. The monoisotopic (exact) mass is 398 g/mol. The number of aromatic nitrogens is 1. The van der Waals surface area contributed by atoms with Gasteiger partial charge in [-0.2, -0.15) is 5.10 Å². The largest absolute Gasteiger partial charge is 0.323 e. The van der Waals surface area contributed by atoms with E-state index in [2.05, 4.69) is 10.1 Å². The first-order valence-corrected chi connectivity index (χ1v) is 9.02. The van der Waals surface area contributed by atoms with Gasteiger partial charge in [0.25, 0.3) is 5.91 Å². The van der Waals surface area contributed by atoms with Crippen molar-refractivity contribution in [3.63, 3.8) is 0 Å². The van der Waals surface area contributed by atoms with E-state index in [1.165, 1.54) is 35.6 Å². The van der Waals surface area contributed by atoms with Crippen molar-refractivity contribution in [1.82, 2.24) is 4.98 Å². The van der Waals surface area contributed by atoms with Crippen molar-refractivity contribution in [2.45, 2.75) is 5.92 Å². The number of nitrogens with two attached hydrogens (primary N) is 1. The first-order valence-electron chi connectivity index (χ1n) is 7.82. The third kappa shape index (κ3) is 2.79. The van der Waals surface area contributed by atoms with E-state index in [1.807, 2.05) is 18.2 Å². The maximum atomic E-state index is 12.9. The van der Waals surface area contributed by atoms with Crippen molar-refractivity contribution in [1.29, 1.82) is 0 Å². The van der Waals surface area contributed by atoms with Gasteiger partial charge in [-0.05, 0) is 36.4 Å². The van der Waals surface area contributed by atoms with Gasteiger partial charge in [0, 0.05) is 5.02 Å². The number of hydrazone groups is 1. The molecule has 0 saturated carbocycles. The van der Waals surface area contributed by atoms with Gasteiger partial charge in [0.1, 0.15) is 16.6 Å². The number of halogens is 1. The fourth-order valence-corrected chi connectivity index (χ4v) is 4.08. The highest BCUT2D eigenvalue weighted by atomic mass is 35.5. The molecule has 0 radical (unpaired) electrons. The fourth-order valence-electron chi connectivity index (χ4n) is 2.89. The van der Waals surface area contributed by atoms with E-state index in [1.54, 1.807) is 6.07 Å². The van der Waals surface area contributed by atoms with Crippen LogP contribution < -0.4 is 10.7 Å². The summed E-state index contributed by atoms with van der Waals surface area (Å²) in [4.78, 5) is 43.5. The number of anilines is 1. The number of fused-ring (bicyclic) bond motifs is 1. The molecule has 1 atom stereocenters. The number of amides is 2. The van der Waals surface area contributed by atoms with Gasteiger partial charge in [0.15, 0.2) is 0 Å². The second kappa shape index (κ2) is 6.57. The minimum atomic E-state index is -1.21. The average molecular weight is 399 g/mol. The lowest BCUT2D eigenvalue weighted by Gasteiger charge is -2.28. The maximum absolute atomic E-state index is 12.9. The topological polar surface area (TPSA) is 106 Å². The van der Waals surface area contributed by atoms with Crippen LogP contribution in [0.5, 0.6) is 0 Å². The van der Waals surface area contributed by atoms with Gasteiger partial charge in [0.2, 0.25) is 5.78 Å². The minimum absolute atomic E-state index is 0.214. The second-order valence-electron chi connectivity index (χ2n) is 5.75. The van der Waals surface area contributed by atoms with Crippen LogP contribution in [0.15, 0.2) is 53.6 Å². The Morgan fingerprint density at radius 3 is 2.41 bits per heavy atom. The molecule has 4 rings (SSSR count). The molecule has 0 unspecified atom stereocenters. The van der Waals surface area contributed by atoms with E-state index in [0.29, 0.717) is 15.5 Å². The Labute approximate surface area is 162 Å². The van der Waals surface area contributed by atoms with Gasteiger partial charge >= 0.3 is 5.91 Å². The molecule has 2 heterocycles. The predicted molar refractivity (Wildman–Crippen MR) is 103 cm³/mol. The number of benzene rings is 2. The molecular formula is C18H11ClN4O3S. The summed E-state index contributed by atoms with van der Waals surface area (Å²) in [5.74, 6) is 1.68. The quantitative estimate of drug-likeness (QED) is 0.309. The molecule has 1 aliphatic heterocycles. The number of Topliss-reactive ketones (excluding diaryl/α,β-unsaturated/α-hetero) is 1. The van der Waals surface area contributed by atoms with E-state index < -0.39 is 23.5 Å². The van der Waals surface area contributed by atoms with E-state index >= 15 is 0 Å². The summed E-state index contributed by atoms with van der Waals surface area (Å²) in [7, 11) is 0. The Morgan fingerprint density at radius 1 is 1.04 bits per heavy atom. The van der Waals surface area contributed by atoms with Crippen LogP contribution in [0.4, 0.5) is 5.69 Å². The molecule has 1 aliphatic rings. The number of hydrogen-bond acceptors (Lipinski definition) is 7. The fraction of sp³-hybridized carbons (Fsp3) is 0.0556. The first kappa shape index (κ1) is 17.3. The van der Waals surface area contributed by atoms with Crippen molar-refractivity contribution >= 4 is 62.2 Å². The molecule has 0 aliphatic carbocycles. The van der Waals surface area contributed by atoms with Gasteiger partial charge in [-0.3, -0.25) is 14.4 Å². The number of hydrogen-bond donors (Lipinski definition) is 1. The van der Waals surface area contributed by atoms with E-state index in [4.69, 9.17) is 17.4 Å². The Hall–Kier alpha value is -3.10. The molecule has 134 valence electrons. The van der Waals surface area contributed by atoms with Crippen LogP contribution >= 0.6 is 22.9 Å². The molecule has 7 nitrogen and oxygen atoms in total. The number of carbonyl (C=O) groups is 3. The zero-order valence-electron chi connectivity index (χ0n) is 13.6.